The molecule has 0 radical (unpaired) electrons. The predicted octanol–water partition coefficient (Wildman–Crippen LogP) is 0.956. The molecule has 18 heavy (non-hydrogen) atoms. The van der Waals surface area contributed by atoms with Gasteiger partial charge in [-0.1, -0.05) is 0 Å². The summed E-state index contributed by atoms with van der Waals surface area (Å²) >= 11 is 0. The quantitative estimate of drug-likeness (QED) is 0.453. The average molecular weight is 254 g/mol. The summed E-state index contributed by atoms with van der Waals surface area (Å²) in [4.78, 5) is 32.6. The highest BCUT2D eigenvalue weighted by molar-refractivity contribution is 5.75. The van der Waals surface area contributed by atoms with Crippen molar-refractivity contribution in [3.05, 3.63) is 38.8 Å². The Hall–Kier alpha value is -2.18. The minimum atomic E-state index is -0.836. The molecule has 0 saturated carbocycles. The van der Waals surface area contributed by atoms with Crippen molar-refractivity contribution in [2.45, 2.75) is 20.4 Å². The van der Waals surface area contributed by atoms with E-state index in [0.29, 0.717) is 0 Å². The number of nitro groups is 1. The number of ether oxygens (including phenoxy) is 1. The van der Waals surface area contributed by atoms with Crippen molar-refractivity contribution in [1.29, 1.82) is 0 Å². The number of aromatic nitrogens is 1. The third kappa shape index (κ3) is 2.93. The van der Waals surface area contributed by atoms with Crippen LogP contribution in [0.4, 0.5) is 5.69 Å². The van der Waals surface area contributed by atoms with E-state index in [-0.39, 0.29) is 6.54 Å². The van der Waals surface area contributed by atoms with Gasteiger partial charge in [0, 0.05) is 18.8 Å². The molecule has 1 aromatic rings. The number of pyridine rings is 1. The first-order valence-corrected chi connectivity index (χ1v) is 5.21. The summed E-state index contributed by atoms with van der Waals surface area (Å²) < 4.78 is 6.07. The summed E-state index contributed by atoms with van der Waals surface area (Å²) in [7, 11) is 1.28. The summed E-state index contributed by atoms with van der Waals surface area (Å²) in [5, 5.41) is 10.6. The molecule has 0 aliphatic heterocycles. The Morgan fingerprint density at radius 3 is 2.67 bits per heavy atom. The van der Waals surface area contributed by atoms with Gasteiger partial charge in [-0.25, -0.2) is 0 Å². The molecule has 98 valence electrons. The van der Waals surface area contributed by atoms with Crippen LogP contribution < -0.4 is 5.43 Å². The number of carbonyl (C=O) groups is 1. The van der Waals surface area contributed by atoms with Crippen LogP contribution >= 0.6 is 0 Å². The zero-order valence-electron chi connectivity index (χ0n) is 10.4. The van der Waals surface area contributed by atoms with Crippen LogP contribution in [0.2, 0.25) is 0 Å². The van der Waals surface area contributed by atoms with Gasteiger partial charge in [0.2, 0.25) is 0 Å². The smallest absolute Gasteiger partial charge is 0.332 e. The number of carbonyl (C=O) groups excluding carboxylic acids is 1. The minimum Gasteiger partial charge on any atom is -0.469 e. The Morgan fingerprint density at radius 2 is 2.17 bits per heavy atom. The molecule has 0 atom stereocenters. The largest absolute Gasteiger partial charge is 0.469 e. The van der Waals surface area contributed by atoms with Gasteiger partial charge in [0.1, 0.15) is 0 Å². The van der Waals surface area contributed by atoms with E-state index in [2.05, 4.69) is 4.74 Å². The van der Waals surface area contributed by atoms with Crippen LogP contribution in [0.5, 0.6) is 0 Å². The standard InChI is InChI=1S/C11H14N2O5/c1-11(2,10(15)18-3)7-12-5-4-9(14)8(6-12)13(16)17/h4-6H,7H2,1-3H3. The first-order chi connectivity index (χ1) is 8.27. The van der Waals surface area contributed by atoms with E-state index in [1.54, 1.807) is 13.8 Å². The first-order valence-electron chi connectivity index (χ1n) is 5.21. The molecule has 0 aliphatic rings. The second kappa shape index (κ2) is 4.99. The topological polar surface area (TPSA) is 91.4 Å². The fourth-order valence-corrected chi connectivity index (χ4v) is 1.55. The maximum absolute atomic E-state index is 11.5. The molecule has 0 amide bonds. The molecule has 0 aliphatic carbocycles. The van der Waals surface area contributed by atoms with E-state index >= 15 is 0 Å². The van der Waals surface area contributed by atoms with E-state index < -0.39 is 27.4 Å². The molecule has 0 unspecified atom stereocenters. The lowest BCUT2D eigenvalue weighted by molar-refractivity contribution is -0.386. The fourth-order valence-electron chi connectivity index (χ4n) is 1.55. The summed E-state index contributed by atoms with van der Waals surface area (Å²) in [5.74, 6) is -0.427. The van der Waals surface area contributed by atoms with Crippen molar-refractivity contribution in [3.8, 4) is 0 Å². The molecule has 0 saturated heterocycles. The van der Waals surface area contributed by atoms with E-state index in [1.165, 1.54) is 17.9 Å². The second-order valence-corrected chi connectivity index (χ2v) is 4.50. The average Bonchev–Trinajstić information content (AvgIpc) is 2.29. The summed E-state index contributed by atoms with van der Waals surface area (Å²) in [6.45, 7) is 3.49. The summed E-state index contributed by atoms with van der Waals surface area (Å²) in [6, 6.07) is 1.10. The molecular weight excluding hydrogens is 240 g/mol. The molecule has 0 spiro atoms. The lowest BCUT2D eigenvalue weighted by atomic mass is 9.93. The molecule has 0 fully saturated rings. The Labute approximate surface area is 103 Å². The van der Waals surface area contributed by atoms with Gasteiger partial charge in [-0.3, -0.25) is 19.7 Å². The highest BCUT2D eigenvalue weighted by Gasteiger charge is 2.29. The van der Waals surface area contributed by atoms with Gasteiger partial charge in [0.15, 0.2) is 0 Å². The molecule has 7 heteroatoms. The Balaban J connectivity index is 3.06. The van der Waals surface area contributed by atoms with Crippen LogP contribution in [0.25, 0.3) is 0 Å². The van der Waals surface area contributed by atoms with Crippen molar-refractivity contribution in [1.82, 2.24) is 4.57 Å². The molecule has 1 aromatic heterocycles. The highest BCUT2D eigenvalue weighted by Crippen LogP contribution is 2.20. The van der Waals surface area contributed by atoms with Crippen molar-refractivity contribution in [3.63, 3.8) is 0 Å². The van der Waals surface area contributed by atoms with Gasteiger partial charge in [-0.2, -0.15) is 0 Å². The van der Waals surface area contributed by atoms with E-state index in [1.807, 2.05) is 0 Å². The number of esters is 1. The van der Waals surface area contributed by atoms with E-state index in [4.69, 9.17) is 0 Å². The van der Waals surface area contributed by atoms with Crippen LogP contribution in [0.3, 0.4) is 0 Å². The zero-order chi connectivity index (χ0) is 13.9. The van der Waals surface area contributed by atoms with Crippen LogP contribution in [0.1, 0.15) is 13.8 Å². The Morgan fingerprint density at radius 1 is 1.56 bits per heavy atom. The van der Waals surface area contributed by atoms with Gasteiger partial charge in [0.05, 0.1) is 23.6 Å². The summed E-state index contributed by atoms with van der Waals surface area (Å²) in [6.07, 6.45) is 2.52. The fraction of sp³-hybridized carbons (Fsp3) is 0.455. The van der Waals surface area contributed by atoms with Crippen LogP contribution in [0.15, 0.2) is 23.3 Å². The maximum atomic E-state index is 11.5. The van der Waals surface area contributed by atoms with E-state index in [9.17, 15) is 19.7 Å². The normalized spacial score (nSPS) is 11.1. The lowest BCUT2D eigenvalue weighted by Gasteiger charge is -2.22. The molecule has 1 rings (SSSR count). The van der Waals surface area contributed by atoms with Crippen molar-refractivity contribution in [2.75, 3.05) is 7.11 Å². The van der Waals surface area contributed by atoms with Crippen molar-refractivity contribution < 1.29 is 14.5 Å². The SMILES string of the molecule is COC(=O)C(C)(C)Cn1ccc(=O)c([N+](=O)[O-])c1. The molecule has 0 aromatic carbocycles. The van der Waals surface area contributed by atoms with Crippen molar-refractivity contribution in [2.24, 2.45) is 5.41 Å². The van der Waals surface area contributed by atoms with Crippen LogP contribution in [-0.4, -0.2) is 22.6 Å². The van der Waals surface area contributed by atoms with Crippen LogP contribution in [0, 0.1) is 15.5 Å². The summed E-state index contributed by atoms with van der Waals surface area (Å²) in [5.41, 5.74) is -2.01. The second-order valence-electron chi connectivity index (χ2n) is 4.50. The van der Waals surface area contributed by atoms with Gasteiger partial charge in [-0.15, -0.1) is 0 Å². The first kappa shape index (κ1) is 13.9. The van der Waals surface area contributed by atoms with E-state index in [0.717, 1.165) is 12.3 Å². The minimum absolute atomic E-state index is 0.181. The molecule has 0 N–H and O–H groups in total. The third-order valence-corrected chi connectivity index (χ3v) is 2.47. The van der Waals surface area contributed by atoms with Gasteiger partial charge in [-0.05, 0) is 13.8 Å². The van der Waals surface area contributed by atoms with Crippen molar-refractivity contribution >= 4 is 11.7 Å². The molecular formula is C11H14N2O5. The highest BCUT2D eigenvalue weighted by atomic mass is 16.6. The Kier molecular flexibility index (Phi) is 3.85. The van der Waals surface area contributed by atoms with Gasteiger partial charge >= 0.3 is 11.7 Å². The Bertz CT molecular complexity index is 532. The number of hydrogen-bond acceptors (Lipinski definition) is 5. The maximum Gasteiger partial charge on any atom is 0.332 e. The van der Waals surface area contributed by atoms with Gasteiger partial charge < -0.3 is 9.30 Å². The predicted molar refractivity (Wildman–Crippen MR) is 63.2 cm³/mol. The molecule has 1 heterocycles. The number of hydrogen-bond donors (Lipinski definition) is 0. The third-order valence-electron chi connectivity index (χ3n) is 2.47. The number of methoxy groups -OCH3 is 1. The number of rotatable bonds is 4. The number of nitrogens with zero attached hydrogens (tertiary/aromatic N) is 2. The molecule has 0 bridgehead atoms. The van der Waals surface area contributed by atoms with Crippen LogP contribution in [-0.2, 0) is 16.1 Å². The lowest BCUT2D eigenvalue weighted by Crippen LogP contribution is -2.31. The molecule has 7 nitrogen and oxygen atoms in total. The monoisotopic (exact) mass is 254 g/mol. The zero-order valence-corrected chi connectivity index (χ0v) is 10.4. The van der Waals surface area contributed by atoms with Gasteiger partial charge in [0.25, 0.3) is 5.43 Å².